The van der Waals surface area contributed by atoms with Gasteiger partial charge >= 0.3 is 5.97 Å². The SMILES string of the molecule is C=C[SiH2]COC(=O)C(C)C. The number of hydrogen-bond donors (Lipinski definition) is 0. The molecule has 0 radical (unpaired) electrons. The number of carbonyl (C=O) groups is 1. The van der Waals surface area contributed by atoms with Crippen molar-refractivity contribution >= 4 is 15.5 Å². The number of carbonyl (C=O) groups excluding carboxylic acids is 1. The lowest BCUT2D eigenvalue weighted by Crippen LogP contribution is -2.14. The van der Waals surface area contributed by atoms with Gasteiger partial charge in [-0.1, -0.05) is 13.8 Å². The predicted molar refractivity (Wildman–Crippen MR) is 44.5 cm³/mol. The van der Waals surface area contributed by atoms with Crippen molar-refractivity contribution < 1.29 is 9.53 Å². The maximum atomic E-state index is 10.8. The minimum absolute atomic E-state index is 0.00110. The van der Waals surface area contributed by atoms with Gasteiger partial charge < -0.3 is 4.74 Å². The summed E-state index contributed by atoms with van der Waals surface area (Å²) < 4.78 is 4.90. The van der Waals surface area contributed by atoms with Crippen LogP contribution in [0.25, 0.3) is 0 Å². The molecular formula is C7H14O2Si. The summed E-state index contributed by atoms with van der Waals surface area (Å²) in [5, 5.41) is 0. The summed E-state index contributed by atoms with van der Waals surface area (Å²) in [5.41, 5.74) is 1.87. The summed E-state index contributed by atoms with van der Waals surface area (Å²) in [6, 6.07) is 0. The van der Waals surface area contributed by atoms with Crippen molar-refractivity contribution in [2.45, 2.75) is 13.8 Å². The Morgan fingerprint density at radius 1 is 1.80 bits per heavy atom. The van der Waals surface area contributed by atoms with Crippen LogP contribution in [0.3, 0.4) is 0 Å². The number of hydrogen-bond acceptors (Lipinski definition) is 2. The van der Waals surface area contributed by atoms with Gasteiger partial charge in [0.15, 0.2) is 0 Å². The van der Waals surface area contributed by atoms with E-state index in [2.05, 4.69) is 6.58 Å². The molecule has 2 nitrogen and oxygen atoms in total. The first-order valence-corrected chi connectivity index (χ1v) is 5.27. The third kappa shape index (κ3) is 4.32. The lowest BCUT2D eigenvalue weighted by molar-refractivity contribution is -0.145. The molecule has 3 heteroatoms. The first-order chi connectivity index (χ1) is 4.68. The van der Waals surface area contributed by atoms with Gasteiger partial charge in [-0.15, -0.1) is 12.3 Å². The molecule has 0 amide bonds. The highest BCUT2D eigenvalue weighted by molar-refractivity contribution is 6.41. The van der Waals surface area contributed by atoms with Gasteiger partial charge in [-0.2, -0.15) is 0 Å². The van der Waals surface area contributed by atoms with Gasteiger partial charge in [0, 0.05) is 0 Å². The molecule has 58 valence electrons. The molecule has 0 rings (SSSR count). The minimum Gasteiger partial charge on any atom is -0.470 e. The van der Waals surface area contributed by atoms with E-state index >= 15 is 0 Å². The zero-order chi connectivity index (χ0) is 7.98. The third-order valence-corrected chi connectivity index (χ3v) is 1.89. The third-order valence-electron chi connectivity index (χ3n) is 1.04. The van der Waals surface area contributed by atoms with E-state index in [-0.39, 0.29) is 21.4 Å². The van der Waals surface area contributed by atoms with Crippen molar-refractivity contribution in [3.8, 4) is 0 Å². The minimum atomic E-state index is -0.332. The van der Waals surface area contributed by atoms with Crippen LogP contribution in [0.1, 0.15) is 13.8 Å². The molecular weight excluding hydrogens is 144 g/mol. The molecule has 0 saturated carbocycles. The van der Waals surface area contributed by atoms with Crippen molar-refractivity contribution in [2.75, 3.05) is 6.23 Å². The summed E-state index contributed by atoms with van der Waals surface area (Å²) in [6.45, 7) is 7.24. The Morgan fingerprint density at radius 2 is 2.40 bits per heavy atom. The molecule has 0 bridgehead atoms. The summed E-state index contributed by atoms with van der Waals surface area (Å²) in [5.74, 6) is -0.104. The van der Waals surface area contributed by atoms with Crippen molar-refractivity contribution in [1.82, 2.24) is 0 Å². The van der Waals surface area contributed by atoms with E-state index in [0.717, 1.165) is 0 Å². The second kappa shape index (κ2) is 5.23. The zero-order valence-electron chi connectivity index (χ0n) is 6.59. The summed E-state index contributed by atoms with van der Waals surface area (Å²) >= 11 is 0. The zero-order valence-corrected chi connectivity index (χ0v) is 8.01. The smallest absolute Gasteiger partial charge is 0.308 e. The Labute approximate surface area is 64.1 Å². The van der Waals surface area contributed by atoms with Gasteiger partial charge in [0.1, 0.15) is 0 Å². The molecule has 0 aromatic rings. The van der Waals surface area contributed by atoms with Crippen LogP contribution in [0.15, 0.2) is 12.3 Å². The van der Waals surface area contributed by atoms with Crippen molar-refractivity contribution in [3.63, 3.8) is 0 Å². The average molecular weight is 158 g/mol. The molecule has 0 aliphatic heterocycles. The topological polar surface area (TPSA) is 26.3 Å². The summed E-state index contributed by atoms with van der Waals surface area (Å²) in [7, 11) is -0.332. The largest absolute Gasteiger partial charge is 0.470 e. The van der Waals surface area contributed by atoms with E-state index in [1.807, 2.05) is 19.5 Å². The molecule has 0 heterocycles. The highest BCUT2D eigenvalue weighted by Crippen LogP contribution is 1.94. The number of ether oxygens (including phenoxy) is 1. The Morgan fingerprint density at radius 3 is 2.80 bits per heavy atom. The maximum Gasteiger partial charge on any atom is 0.308 e. The predicted octanol–water partition coefficient (Wildman–Crippen LogP) is 0.455. The van der Waals surface area contributed by atoms with Gasteiger partial charge in [0.2, 0.25) is 0 Å². The first-order valence-electron chi connectivity index (χ1n) is 3.46. The lowest BCUT2D eigenvalue weighted by Gasteiger charge is -2.03. The fraction of sp³-hybridized carbons (Fsp3) is 0.571. The Kier molecular flexibility index (Phi) is 4.93. The van der Waals surface area contributed by atoms with E-state index in [0.29, 0.717) is 6.23 Å². The molecule has 0 saturated heterocycles. The lowest BCUT2D eigenvalue weighted by atomic mass is 10.2. The van der Waals surface area contributed by atoms with Crippen molar-refractivity contribution in [3.05, 3.63) is 12.3 Å². The van der Waals surface area contributed by atoms with Gasteiger partial charge in [-0.25, -0.2) is 0 Å². The van der Waals surface area contributed by atoms with E-state index in [1.165, 1.54) is 0 Å². The monoisotopic (exact) mass is 158 g/mol. The van der Waals surface area contributed by atoms with Crippen molar-refractivity contribution in [2.24, 2.45) is 5.92 Å². The average Bonchev–Trinajstić information content (AvgIpc) is 1.88. The van der Waals surface area contributed by atoms with E-state index in [9.17, 15) is 4.79 Å². The highest BCUT2D eigenvalue weighted by atomic mass is 28.2. The maximum absolute atomic E-state index is 10.8. The molecule has 0 N–H and O–H groups in total. The second-order valence-electron chi connectivity index (χ2n) is 2.40. The molecule has 0 atom stereocenters. The van der Waals surface area contributed by atoms with Crippen LogP contribution in [-0.4, -0.2) is 21.7 Å². The summed E-state index contributed by atoms with van der Waals surface area (Å²) in [6.07, 6.45) is 0.598. The Balaban J connectivity index is 3.30. The quantitative estimate of drug-likeness (QED) is 0.337. The van der Waals surface area contributed by atoms with Crippen LogP contribution in [0.2, 0.25) is 0 Å². The highest BCUT2D eigenvalue weighted by Gasteiger charge is 2.06. The van der Waals surface area contributed by atoms with Crippen LogP contribution < -0.4 is 0 Å². The fourth-order valence-corrected chi connectivity index (χ4v) is 0.895. The van der Waals surface area contributed by atoms with E-state index in [1.54, 1.807) is 0 Å². The van der Waals surface area contributed by atoms with Gasteiger partial charge in [0.25, 0.3) is 0 Å². The summed E-state index contributed by atoms with van der Waals surface area (Å²) in [4.78, 5) is 10.8. The molecule has 10 heavy (non-hydrogen) atoms. The van der Waals surface area contributed by atoms with Crippen molar-refractivity contribution in [1.29, 1.82) is 0 Å². The first kappa shape index (κ1) is 9.43. The number of rotatable bonds is 4. The molecule has 0 aromatic carbocycles. The van der Waals surface area contributed by atoms with Crippen LogP contribution in [0, 0.1) is 5.92 Å². The Bertz CT molecular complexity index is 121. The molecule has 0 unspecified atom stereocenters. The Hall–Kier alpha value is -0.573. The molecule has 0 aliphatic carbocycles. The van der Waals surface area contributed by atoms with Crippen LogP contribution in [0.4, 0.5) is 0 Å². The fourth-order valence-electron chi connectivity index (χ4n) is 0.410. The standard InChI is InChI=1S/C7H14O2Si/c1-4-10-5-9-7(8)6(2)3/h4,6H,1,5,10H2,2-3H3. The number of esters is 1. The van der Waals surface area contributed by atoms with E-state index < -0.39 is 0 Å². The van der Waals surface area contributed by atoms with Gasteiger partial charge in [-0.3, -0.25) is 4.79 Å². The van der Waals surface area contributed by atoms with Crippen LogP contribution in [0.5, 0.6) is 0 Å². The van der Waals surface area contributed by atoms with Crippen LogP contribution in [-0.2, 0) is 9.53 Å². The normalized spacial score (nSPS) is 10.7. The van der Waals surface area contributed by atoms with Gasteiger partial charge in [-0.05, 0) is 0 Å². The molecule has 0 fully saturated rings. The molecule has 0 aliphatic rings. The van der Waals surface area contributed by atoms with Crippen LogP contribution >= 0.6 is 0 Å². The second-order valence-corrected chi connectivity index (χ2v) is 3.96. The van der Waals surface area contributed by atoms with Gasteiger partial charge in [0.05, 0.1) is 21.7 Å². The molecule has 0 aromatic heterocycles. The van der Waals surface area contributed by atoms with E-state index in [4.69, 9.17) is 4.74 Å². The molecule has 0 spiro atoms.